The zero-order chi connectivity index (χ0) is 13.7. The lowest BCUT2D eigenvalue weighted by molar-refractivity contribution is -0.137. The highest BCUT2D eigenvalue weighted by atomic mass is 32.2. The molecule has 1 heterocycles. The Morgan fingerprint density at radius 3 is 3.11 bits per heavy atom. The molecule has 0 spiro atoms. The molecule has 0 aliphatic heterocycles. The van der Waals surface area contributed by atoms with Crippen LogP contribution < -0.4 is 4.74 Å². The molecular weight excluding hydrogens is 282 g/mol. The molecule has 0 aliphatic carbocycles. The van der Waals surface area contributed by atoms with Crippen LogP contribution in [0.2, 0.25) is 0 Å². The van der Waals surface area contributed by atoms with Gasteiger partial charge in [-0.25, -0.2) is 4.98 Å². The summed E-state index contributed by atoms with van der Waals surface area (Å²) in [6.45, 7) is 2.60. The number of nitrogens with zero attached hydrogens (tertiary/aromatic N) is 1. The van der Waals surface area contributed by atoms with E-state index in [2.05, 4.69) is 4.98 Å². The van der Waals surface area contributed by atoms with Gasteiger partial charge < -0.3 is 9.84 Å². The van der Waals surface area contributed by atoms with Gasteiger partial charge in [0.15, 0.2) is 4.34 Å². The van der Waals surface area contributed by atoms with Gasteiger partial charge in [0.05, 0.1) is 16.8 Å². The smallest absolute Gasteiger partial charge is 0.303 e. The third-order valence-electron chi connectivity index (χ3n) is 2.41. The maximum atomic E-state index is 10.4. The molecule has 0 saturated heterocycles. The summed E-state index contributed by atoms with van der Waals surface area (Å²) in [6, 6.07) is 5.90. The number of hydrogen-bond acceptors (Lipinski definition) is 5. The SMILES string of the molecule is CCOc1ccc2sc(SCCCC(=O)O)nc2c1. The number of ether oxygens (including phenoxy) is 1. The highest BCUT2D eigenvalue weighted by Gasteiger charge is 2.06. The molecule has 0 bridgehead atoms. The Labute approximate surface area is 119 Å². The van der Waals surface area contributed by atoms with E-state index < -0.39 is 5.97 Å². The van der Waals surface area contributed by atoms with Crippen molar-refractivity contribution in [2.45, 2.75) is 24.1 Å². The summed E-state index contributed by atoms with van der Waals surface area (Å²) in [5, 5.41) is 8.57. The van der Waals surface area contributed by atoms with E-state index in [0.29, 0.717) is 13.0 Å². The van der Waals surface area contributed by atoms with Gasteiger partial charge in [-0.3, -0.25) is 4.79 Å². The Balaban J connectivity index is 1.98. The lowest BCUT2D eigenvalue weighted by atomic mass is 10.3. The van der Waals surface area contributed by atoms with Crippen molar-refractivity contribution in [1.82, 2.24) is 4.98 Å². The van der Waals surface area contributed by atoms with E-state index in [1.54, 1.807) is 23.1 Å². The van der Waals surface area contributed by atoms with Crippen LogP contribution in [-0.4, -0.2) is 28.4 Å². The van der Waals surface area contributed by atoms with Crippen molar-refractivity contribution in [1.29, 1.82) is 0 Å². The van der Waals surface area contributed by atoms with Gasteiger partial charge in [-0.15, -0.1) is 11.3 Å². The molecule has 2 rings (SSSR count). The van der Waals surface area contributed by atoms with E-state index in [0.717, 1.165) is 26.1 Å². The lowest BCUT2D eigenvalue weighted by Gasteiger charge is -2.00. The molecule has 0 fully saturated rings. The summed E-state index contributed by atoms with van der Waals surface area (Å²) in [7, 11) is 0. The van der Waals surface area contributed by atoms with Crippen molar-refractivity contribution >= 4 is 39.3 Å². The summed E-state index contributed by atoms with van der Waals surface area (Å²) in [5.74, 6) is 0.874. The fourth-order valence-electron chi connectivity index (χ4n) is 1.59. The minimum absolute atomic E-state index is 0.215. The zero-order valence-corrected chi connectivity index (χ0v) is 12.2. The first-order valence-corrected chi connectivity index (χ1v) is 7.87. The van der Waals surface area contributed by atoms with Gasteiger partial charge in [0.1, 0.15) is 5.75 Å². The molecule has 6 heteroatoms. The van der Waals surface area contributed by atoms with Gasteiger partial charge in [0.2, 0.25) is 0 Å². The molecule has 0 radical (unpaired) electrons. The number of carbonyl (C=O) groups is 1. The Morgan fingerprint density at radius 1 is 1.53 bits per heavy atom. The summed E-state index contributed by atoms with van der Waals surface area (Å²) >= 11 is 3.24. The van der Waals surface area contributed by atoms with Gasteiger partial charge >= 0.3 is 5.97 Å². The maximum absolute atomic E-state index is 10.4. The van der Waals surface area contributed by atoms with Crippen molar-refractivity contribution in [3.05, 3.63) is 18.2 Å². The van der Waals surface area contributed by atoms with Crippen molar-refractivity contribution in [2.75, 3.05) is 12.4 Å². The van der Waals surface area contributed by atoms with Crippen molar-refractivity contribution < 1.29 is 14.6 Å². The second-order valence-corrected chi connectivity index (χ2v) is 6.26. The molecule has 2 aromatic rings. The molecule has 1 aromatic carbocycles. The fraction of sp³-hybridized carbons (Fsp3) is 0.385. The average molecular weight is 297 g/mol. The highest BCUT2D eigenvalue weighted by molar-refractivity contribution is 8.01. The summed E-state index contributed by atoms with van der Waals surface area (Å²) in [6.07, 6.45) is 0.881. The third-order valence-corrected chi connectivity index (χ3v) is 4.68. The van der Waals surface area contributed by atoms with Gasteiger partial charge in [0.25, 0.3) is 0 Å². The summed E-state index contributed by atoms with van der Waals surface area (Å²) in [5.41, 5.74) is 0.941. The van der Waals surface area contributed by atoms with Crippen LogP contribution in [0.3, 0.4) is 0 Å². The number of benzene rings is 1. The zero-order valence-electron chi connectivity index (χ0n) is 10.6. The molecule has 1 N–H and O–H groups in total. The number of thiazole rings is 1. The van der Waals surface area contributed by atoms with Crippen LogP contribution in [0.1, 0.15) is 19.8 Å². The van der Waals surface area contributed by atoms with Crippen molar-refractivity contribution in [2.24, 2.45) is 0 Å². The van der Waals surface area contributed by atoms with Crippen LogP contribution in [-0.2, 0) is 4.79 Å². The molecule has 0 atom stereocenters. The predicted octanol–water partition coefficient (Wildman–Crippen LogP) is 3.65. The quantitative estimate of drug-likeness (QED) is 0.624. The summed E-state index contributed by atoms with van der Waals surface area (Å²) < 4.78 is 7.55. The first-order chi connectivity index (χ1) is 9.19. The van der Waals surface area contributed by atoms with Crippen LogP contribution >= 0.6 is 23.1 Å². The van der Waals surface area contributed by atoms with E-state index in [1.165, 1.54) is 0 Å². The Bertz CT molecular complexity index is 568. The van der Waals surface area contributed by atoms with Crippen LogP contribution in [0.15, 0.2) is 22.5 Å². The number of fused-ring (bicyclic) bond motifs is 1. The normalized spacial score (nSPS) is 10.8. The second kappa shape index (κ2) is 6.77. The first kappa shape index (κ1) is 14.1. The van der Waals surface area contributed by atoms with E-state index in [1.807, 2.05) is 25.1 Å². The molecule has 1 aromatic heterocycles. The average Bonchev–Trinajstić information content (AvgIpc) is 2.77. The van der Waals surface area contributed by atoms with Gasteiger partial charge in [0, 0.05) is 18.2 Å². The monoisotopic (exact) mass is 297 g/mol. The van der Waals surface area contributed by atoms with Crippen LogP contribution in [0.5, 0.6) is 5.75 Å². The number of hydrogen-bond donors (Lipinski definition) is 1. The van der Waals surface area contributed by atoms with Crippen LogP contribution in [0.25, 0.3) is 10.2 Å². The fourth-order valence-corrected chi connectivity index (χ4v) is 3.65. The Hall–Kier alpha value is -1.27. The van der Waals surface area contributed by atoms with E-state index in [9.17, 15) is 4.79 Å². The standard InChI is InChI=1S/C13H15NO3S2/c1-2-17-9-5-6-11-10(8-9)14-13(19-11)18-7-3-4-12(15)16/h5-6,8H,2-4,7H2,1H3,(H,15,16). The second-order valence-electron chi connectivity index (χ2n) is 3.89. The summed E-state index contributed by atoms with van der Waals surface area (Å²) in [4.78, 5) is 14.9. The van der Waals surface area contributed by atoms with Gasteiger partial charge in [-0.2, -0.15) is 0 Å². The Kier molecular flexibility index (Phi) is 5.04. The van der Waals surface area contributed by atoms with E-state index >= 15 is 0 Å². The van der Waals surface area contributed by atoms with Crippen molar-refractivity contribution in [3.63, 3.8) is 0 Å². The number of thioether (sulfide) groups is 1. The Morgan fingerprint density at radius 2 is 2.37 bits per heavy atom. The number of aromatic nitrogens is 1. The molecule has 0 saturated carbocycles. The van der Waals surface area contributed by atoms with Gasteiger partial charge in [-0.05, 0) is 25.5 Å². The number of carboxylic acid groups (broad SMARTS) is 1. The largest absolute Gasteiger partial charge is 0.494 e. The lowest BCUT2D eigenvalue weighted by Crippen LogP contribution is -1.94. The first-order valence-electron chi connectivity index (χ1n) is 6.07. The minimum atomic E-state index is -0.744. The number of carboxylic acids is 1. The van der Waals surface area contributed by atoms with Crippen LogP contribution in [0, 0.1) is 0 Å². The van der Waals surface area contributed by atoms with Crippen molar-refractivity contribution in [3.8, 4) is 5.75 Å². The van der Waals surface area contributed by atoms with E-state index in [-0.39, 0.29) is 6.42 Å². The molecular formula is C13H15NO3S2. The molecule has 4 nitrogen and oxygen atoms in total. The van der Waals surface area contributed by atoms with Crippen LogP contribution in [0.4, 0.5) is 0 Å². The minimum Gasteiger partial charge on any atom is -0.494 e. The molecule has 0 unspecified atom stereocenters. The topological polar surface area (TPSA) is 59.4 Å². The predicted molar refractivity (Wildman–Crippen MR) is 78.4 cm³/mol. The highest BCUT2D eigenvalue weighted by Crippen LogP contribution is 2.31. The molecule has 0 amide bonds. The molecule has 19 heavy (non-hydrogen) atoms. The molecule has 102 valence electrons. The number of rotatable bonds is 7. The maximum Gasteiger partial charge on any atom is 0.303 e. The van der Waals surface area contributed by atoms with Gasteiger partial charge in [-0.1, -0.05) is 11.8 Å². The third kappa shape index (κ3) is 4.11. The number of aliphatic carboxylic acids is 1. The van der Waals surface area contributed by atoms with E-state index in [4.69, 9.17) is 9.84 Å². The molecule has 0 aliphatic rings.